The molecular formula is C22H29ClN2O4. The molecule has 7 heteroatoms. The van der Waals surface area contributed by atoms with Crippen molar-refractivity contribution in [3.8, 4) is 11.5 Å². The summed E-state index contributed by atoms with van der Waals surface area (Å²) >= 11 is 0. The van der Waals surface area contributed by atoms with Crippen LogP contribution in [-0.2, 0) is 17.6 Å². The van der Waals surface area contributed by atoms with Gasteiger partial charge in [0.25, 0.3) is 0 Å². The predicted molar refractivity (Wildman–Crippen MR) is 116 cm³/mol. The fourth-order valence-electron chi connectivity index (χ4n) is 3.34. The first-order valence-corrected chi connectivity index (χ1v) is 9.54. The molecule has 1 aliphatic rings. The Morgan fingerprint density at radius 3 is 2.62 bits per heavy atom. The number of hydrogen-bond acceptors (Lipinski definition) is 5. The van der Waals surface area contributed by atoms with E-state index < -0.39 is 0 Å². The molecule has 6 nitrogen and oxygen atoms in total. The molecule has 0 saturated carbocycles. The van der Waals surface area contributed by atoms with Gasteiger partial charge in [-0.15, -0.1) is 12.4 Å². The van der Waals surface area contributed by atoms with Gasteiger partial charge in [0, 0.05) is 25.7 Å². The van der Waals surface area contributed by atoms with E-state index in [0.717, 1.165) is 42.8 Å². The van der Waals surface area contributed by atoms with E-state index >= 15 is 0 Å². The number of ether oxygens (including phenoxy) is 2. The fraction of sp³-hybridized carbons (Fsp3) is 0.409. The van der Waals surface area contributed by atoms with E-state index in [9.17, 15) is 4.79 Å². The summed E-state index contributed by atoms with van der Waals surface area (Å²) in [6.45, 7) is 2.55. The van der Waals surface area contributed by atoms with Gasteiger partial charge in [-0.25, -0.2) is 0 Å². The van der Waals surface area contributed by atoms with Gasteiger partial charge in [0.15, 0.2) is 11.5 Å². The molecular weight excluding hydrogens is 392 g/mol. The second-order valence-electron chi connectivity index (χ2n) is 6.97. The first kappa shape index (κ1) is 22.8. The summed E-state index contributed by atoms with van der Waals surface area (Å²) < 4.78 is 16.1. The van der Waals surface area contributed by atoms with Crippen LogP contribution in [0.5, 0.6) is 11.5 Å². The number of halogens is 1. The van der Waals surface area contributed by atoms with Gasteiger partial charge in [-0.2, -0.15) is 0 Å². The topological polar surface area (TPSA) is 55.2 Å². The van der Waals surface area contributed by atoms with E-state index in [4.69, 9.17) is 13.9 Å². The number of likely N-dealkylation sites (N-methyl/N-ethyl adjacent to an activating group) is 1. The van der Waals surface area contributed by atoms with Crippen LogP contribution in [0, 0.1) is 0 Å². The lowest BCUT2D eigenvalue weighted by Crippen LogP contribution is -2.30. The van der Waals surface area contributed by atoms with Crippen molar-refractivity contribution in [2.24, 2.45) is 0 Å². The molecule has 1 aliphatic heterocycles. The van der Waals surface area contributed by atoms with Gasteiger partial charge in [0.2, 0.25) is 5.91 Å². The van der Waals surface area contributed by atoms with Gasteiger partial charge >= 0.3 is 0 Å². The number of hydrogen-bond donors (Lipinski definition) is 0. The number of furan rings is 1. The highest BCUT2D eigenvalue weighted by atomic mass is 35.5. The molecule has 0 saturated heterocycles. The summed E-state index contributed by atoms with van der Waals surface area (Å²) in [4.78, 5) is 16.7. The van der Waals surface area contributed by atoms with Gasteiger partial charge in [-0.3, -0.25) is 4.79 Å². The smallest absolute Gasteiger partial charge is 0.230 e. The minimum Gasteiger partial charge on any atom is -0.493 e. The molecule has 1 aromatic heterocycles. The van der Waals surface area contributed by atoms with Crippen molar-refractivity contribution >= 4 is 24.4 Å². The largest absolute Gasteiger partial charge is 0.493 e. The summed E-state index contributed by atoms with van der Waals surface area (Å²) in [5.74, 6) is 2.42. The molecule has 0 bridgehead atoms. The van der Waals surface area contributed by atoms with E-state index in [1.165, 1.54) is 0 Å². The Labute approximate surface area is 178 Å². The van der Waals surface area contributed by atoms with Gasteiger partial charge in [-0.05, 0) is 61.5 Å². The van der Waals surface area contributed by atoms with E-state index in [2.05, 4.69) is 11.9 Å². The van der Waals surface area contributed by atoms with Gasteiger partial charge in [0.1, 0.15) is 5.76 Å². The second kappa shape index (κ2) is 10.9. The molecule has 0 fully saturated rings. The number of nitrogens with zero attached hydrogens (tertiary/aromatic N) is 2. The lowest BCUT2D eigenvalue weighted by atomic mass is 10.0. The van der Waals surface area contributed by atoms with Crippen LogP contribution in [0.3, 0.4) is 0 Å². The molecule has 2 aromatic rings. The molecule has 29 heavy (non-hydrogen) atoms. The Morgan fingerprint density at radius 2 is 1.93 bits per heavy atom. The van der Waals surface area contributed by atoms with Crippen molar-refractivity contribution in [3.63, 3.8) is 0 Å². The quantitative estimate of drug-likeness (QED) is 0.620. The zero-order valence-corrected chi connectivity index (χ0v) is 18.0. The molecule has 0 aliphatic carbocycles. The molecule has 0 unspecified atom stereocenters. The van der Waals surface area contributed by atoms with Crippen LogP contribution < -0.4 is 9.47 Å². The maximum Gasteiger partial charge on any atom is 0.230 e. The molecule has 0 radical (unpaired) electrons. The SMILES string of the molecule is COc1cc2c(cc1OC)CC(=O)N(CCCN(C)CCc1ccco1)C=C2.Cl. The van der Waals surface area contributed by atoms with Crippen molar-refractivity contribution in [3.05, 3.63) is 53.6 Å². The van der Waals surface area contributed by atoms with Gasteiger partial charge < -0.3 is 23.7 Å². The molecule has 1 aromatic carbocycles. The highest BCUT2D eigenvalue weighted by molar-refractivity contribution is 5.85. The number of rotatable bonds is 9. The molecule has 1 amide bonds. The van der Waals surface area contributed by atoms with E-state index in [1.807, 2.05) is 36.5 Å². The van der Waals surface area contributed by atoms with Crippen molar-refractivity contribution in [2.75, 3.05) is 40.9 Å². The van der Waals surface area contributed by atoms with E-state index in [1.54, 1.807) is 25.4 Å². The third-order valence-electron chi connectivity index (χ3n) is 5.00. The maximum atomic E-state index is 12.7. The number of amides is 1. The molecule has 158 valence electrons. The van der Waals surface area contributed by atoms with Crippen molar-refractivity contribution < 1.29 is 18.7 Å². The van der Waals surface area contributed by atoms with Crippen molar-refractivity contribution in [2.45, 2.75) is 19.3 Å². The van der Waals surface area contributed by atoms with Crippen LogP contribution in [0.15, 0.2) is 41.1 Å². The zero-order chi connectivity index (χ0) is 19.9. The first-order chi connectivity index (χ1) is 13.6. The van der Waals surface area contributed by atoms with Crippen molar-refractivity contribution in [1.82, 2.24) is 9.80 Å². The molecule has 0 N–H and O–H groups in total. The maximum absolute atomic E-state index is 12.7. The number of carbonyl (C=O) groups is 1. The zero-order valence-electron chi connectivity index (χ0n) is 17.2. The molecule has 2 heterocycles. The van der Waals surface area contributed by atoms with Gasteiger partial charge in [-0.1, -0.05) is 0 Å². The van der Waals surface area contributed by atoms with Crippen LogP contribution in [-0.4, -0.2) is 56.6 Å². The van der Waals surface area contributed by atoms with Crippen molar-refractivity contribution in [1.29, 1.82) is 0 Å². The third kappa shape index (κ3) is 6.02. The first-order valence-electron chi connectivity index (χ1n) is 9.54. The number of methoxy groups -OCH3 is 2. The van der Waals surface area contributed by atoms with E-state index in [-0.39, 0.29) is 18.3 Å². The average molecular weight is 421 g/mol. The van der Waals surface area contributed by atoms with Crippen LogP contribution >= 0.6 is 12.4 Å². The highest BCUT2D eigenvalue weighted by Gasteiger charge is 2.19. The Hall–Kier alpha value is -2.44. The molecule has 0 spiro atoms. The summed E-state index contributed by atoms with van der Waals surface area (Å²) in [5.41, 5.74) is 1.95. The van der Waals surface area contributed by atoms with Gasteiger partial charge in [0.05, 0.1) is 26.9 Å². The van der Waals surface area contributed by atoms with Crippen LogP contribution in [0.1, 0.15) is 23.3 Å². The Bertz CT molecular complexity index is 820. The summed E-state index contributed by atoms with van der Waals surface area (Å²) in [5, 5.41) is 0. The second-order valence-corrected chi connectivity index (χ2v) is 6.97. The van der Waals surface area contributed by atoms with Crippen LogP contribution in [0.25, 0.3) is 6.08 Å². The Kier molecular flexibility index (Phi) is 8.61. The standard InChI is InChI=1S/C22H28N2O4.ClH/c1-23(11-8-19-6-4-13-28-19)9-5-10-24-12-7-17-14-20(26-2)21(27-3)15-18(17)16-22(24)25;/h4,6-7,12-15H,5,8-11,16H2,1-3H3;1H. The fourth-order valence-corrected chi connectivity index (χ4v) is 3.34. The number of fused-ring (bicyclic) bond motifs is 1. The Balaban J connectivity index is 0.00000300. The third-order valence-corrected chi connectivity index (χ3v) is 5.00. The summed E-state index contributed by atoms with van der Waals surface area (Å²) in [6.07, 6.45) is 7.72. The molecule has 0 atom stereocenters. The average Bonchev–Trinajstić information content (AvgIpc) is 3.17. The molecule has 3 rings (SSSR count). The summed E-state index contributed by atoms with van der Waals surface area (Å²) in [6, 6.07) is 7.72. The minimum absolute atomic E-state index is 0. The van der Waals surface area contributed by atoms with E-state index in [0.29, 0.717) is 24.5 Å². The highest BCUT2D eigenvalue weighted by Crippen LogP contribution is 2.32. The van der Waals surface area contributed by atoms with Crippen LogP contribution in [0.2, 0.25) is 0 Å². The predicted octanol–water partition coefficient (Wildman–Crippen LogP) is 3.64. The summed E-state index contributed by atoms with van der Waals surface area (Å²) in [7, 11) is 5.31. The Morgan fingerprint density at radius 1 is 1.17 bits per heavy atom. The van der Waals surface area contributed by atoms with Crippen LogP contribution in [0.4, 0.5) is 0 Å². The number of benzene rings is 1. The number of carbonyl (C=O) groups excluding carboxylic acids is 1. The normalized spacial score (nSPS) is 13.1. The lowest BCUT2D eigenvalue weighted by molar-refractivity contribution is -0.127. The monoisotopic (exact) mass is 420 g/mol. The lowest BCUT2D eigenvalue weighted by Gasteiger charge is -2.20. The minimum atomic E-state index is 0.